The lowest BCUT2D eigenvalue weighted by molar-refractivity contribution is 0.0480. The van der Waals surface area contributed by atoms with Crippen LogP contribution in [-0.2, 0) is 4.74 Å². The fraction of sp³-hybridized carbons (Fsp3) is 0.929. The first-order valence-electron chi connectivity index (χ1n) is 7.04. The van der Waals surface area contributed by atoms with E-state index < -0.39 is 5.60 Å². The molecule has 0 spiro atoms. The minimum atomic E-state index is -0.421. The van der Waals surface area contributed by atoms with Crippen LogP contribution in [0.4, 0.5) is 4.79 Å². The molecule has 0 unspecified atom stereocenters. The highest BCUT2D eigenvalue weighted by atomic mass is 16.6. The van der Waals surface area contributed by atoms with Crippen molar-refractivity contribution in [1.29, 1.82) is 0 Å². The molecule has 0 aromatic carbocycles. The number of nitrogens with one attached hydrogen (secondary N) is 2. The summed E-state index contributed by atoms with van der Waals surface area (Å²) in [4.78, 5) is 11.7. The fourth-order valence-corrected chi connectivity index (χ4v) is 2.58. The van der Waals surface area contributed by atoms with Gasteiger partial charge in [0.15, 0.2) is 0 Å². The van der Waals surface area contributed by atoms with E-state index in [1.807, 2.05) is 20.8 Å². The van der Waals surface area contributed by atoms with Crippen molar-refractivity contribution >= 4 is 6.09 Å². The molecule has 0 atom stereocenters. The SMILES string of the molecule is CCCC1(CNC(=O)OC(C)(C)C)CCNCC1. The summed E-state index contributed by atoms with van der Waals surface area (Å²) in [7, 11) is 0. The average molecular weight is 256 g/mol. The quantitative estimate of drug-likeness (QED) is 0.813. The second-order valence-corrected chi connectivity index (χ2v) is 6.36. The molecule has 0 aromatic rings. The molecule has 0 radical (unpaired) electrons. The van der Waals surface area contributed by atoms with Crippen LogP contribution in [0.3, 0.4) is 0 Å². The van der Waals surface area contributed by atoms with Crippen molar-refractivity contribution in [2.45, 2.75) is 59.0 Å². The predicted octanol–water partition coefficient (Wildman–Crippen LogP) is 2.68. The predicted molar refractivity (Wildman–Crippen MR) is 73.7 cm³/mol. The topological polar surface area (TPSA) is 50.4 Å². The summed E-state index contributed by atoms with van der Waals surface area (Å²) >= 11 is 0. The van der Waals surface area contributed by atoms with Crippen molar-refractivity contribution in [2.24, 2.45) is 5.41 Å². The van der Waals surface area contributed by atoms with Crippen LogP contribution in [0.15, 0.2) is 0 Å². The van der Waals surface area contributed by atoms with Crippen LogP contribution >= 0.6 is 0 Å². The molecule has 1 fully saturated rings. The molecule has 1 aliphatic heterocycles. The van der Waals surface area contributed by atoms with Gasteiger partial charge in [-0.3, -0.25) is 0 Å². The second kappa shape index (κ2) is 6.41. The van der Waals surface area contributed by atoms with Crippen molar-refractivity contribution in [3.63, 3.8) is 0 Å². The minimum absolute atomic E-state index is 0.261. The van der Waals surface area contributed by atoms with Gasteiger partial charge in [-0.2, -0.15) is 0 Å². The van der Waals surface area contributed by atoms with E-state index in [1.54, 1.807) is 0 Å². The van der Waals surface area contributed by atoms with E-state index in [0.29, 0.717) is 0 Å². The van der Waals surface area contributed by atoms with Crippen LogP contribution in [0.1, 0.15) is 53.4 Å². The molecule has 0 aromatic heterocycles. The first kappa shape index (κ1) is 15.3. The van der Waals surface area contributed by atoms with Crippen molar-refractivity contribution in [3.05, 3.63) is 0 Å². The average Bonchev–Trinajstić information content (AvgIpc) is 2.26. The third-order valence-electron chi connectivity index (χ3n) is 3.45. The number of rotatable bonds is 4. The van der Waals surface area contributed by atoms with E-state index in [0.717, 1.165) is 38.9 Å². The first-order chi connectivity index (χ1) is 8.37. The van der Waals surface area contributed by atoms with Gasteiger partial charge in [0.05, 0.1) is 0 Å². The maximum atomic E-state index is 11.7. The molecule has 18 heavy (non-hydrogen) atoms. The molecule has 4 nitrogen and oxygen atoms in total. The highest BCUT2D eigenvalue weighted by Crippen LogP contribution is 2.33. The minimum Gasteiger partial charge on any atom is -0.444 e. The Morgan fingerprint density at radius 2 is 1.94 bits per heavy atom. The maximum absolute atomic E-state index is 11.7. The van der Waals surface area contributed by atoms with E-state index in [1.165, 1.54) is 6.42 Å². The molecule has 4 heteroatoms. The fourth-order valence-electron chi connectivity index (χ4n) is 2.58. The third-order valence-corrected chi connectivity index (χ3v) is 3.45. The molecule has 1 rings (SSSR count). The molecule has 2 N–H and O–H groups in total. The summed E-state index contributed by atoms with van der Waals surface area (Å²) in [6.45, 7) is 10.7. The van der Waals surface area contributed by atoms with Crippen LogP contribution in [0.25, 0.3) is 0 Å². The number of ether oxygens (including phenoxy) is 1. The molecular formula is C14H28N2O2. The van der Waals surface area contributed by atoms with Crippen LogP contribution in [0.5, 0.6) is 0 Å². The van der Waals surface area contributed by atoms with E-state index >= 15 is 0 Å². The Hall–Kier alpha value is -0.770. The zero-order valence-electron chi connectivity index (χ0n) is 12.3. The van der Waals surface area contributed by atoms with E-state index in [4.69, 9.17) is 4.74 Å². The largest absolute Gasteiger partial charge is 0.444 e. The molecule has 0 saturated carbocycles. The standard InChI is InChI=1S/C14H28N2O2/c1-5-6-14(7-9-15-10-8-14)11-16-12(17)18-13(2,3)4/h15H,5-11H2,1-4H3,(H,16,17). The number of hydrogen-bond acceptors (Lipinski definition) is 3. The summed E-state index contributed by atoms with van der Waals surface area (Å²) in [5.74, 6) is 0. The van der Waals surface area contributed by atoms with E-state index in [2.05, 4.69) is 17.6 Å². The lowest BCUT2D eigenvalue weighted by Crippen LogP contribution is -2.45. The number of piperidine rings is 1. The van der Waals surface area contributed by atoms with Gasteiger partial charge in [0, 0.05) is 6.54 Å². The molecule has 106 valence electrons. The molecule has 1 saturated heterocycles. The summed E-state index contributed by atoms with van der Waals surface area (Å²) in [6.07, 6.45) is 4.31. The monoisotopic (exact) mass is 256 g/mol. The van der Waals surface area contributed by atoms with Gasteiger partial charge in [0.2, 0.25) is 0 Å². The van der Waals surface area contributed by atoms with Gasteiger partial charge >= 0.3 is 6.09 Å². The highest BCUT2D eigenvalue weighted by Gasteiger charge is 2.31. The molecule has 0 bridgehead atoms. The van der Waals surface area contributed by atoms with E-state index in [9.17, 15) is 4.79 Å². The summed E-state index contributed by atoms with van der Waals surface area (Å²) in [5.41, 5.74) is -0.160. The van der Waals surface area contributed by atoms with Crippen molar-refractivity contribution in [1.82, 2.24) is 10.6 Å². The summed E-state index contributed by atoms with van der Waals surface area (Å²) in [6, 6.07) is 0. The maximum Gasteiger partial charge on any atom is 0.407 e. The number of hydrogen-bond donors (Lipinski definition) is 2. The van der Waals surface area contributed by atoms with Crippen LogP contribution in [-0.4, -0.2) is 31.3 Å². The lowest BCUT2D eigenvalue weighted by Gasteiger charge is -2.38. The molecule has 1 amide bonds. The van der Waals surface area contributed by atoms with Crippen LogP contribution in [0, 0.1) is 5.41 Å². The van der Waals surface area contributed by atoms with Crippen LogP contribution < -0.4 is 10.6 Å². The van der Waals surface area contributed by atoms with Crippen molar-refractivity contribution < 1.29 is 9.53 Å². The molecule has 1 aliphatic rings. The Balaban J connectivity index is 2.44. The molecular weight excluding hydrogens is 228 g/mol. The zero-order chi connectivity index (χ0) is 13.6. The number of amides is 1. The molecule has 0 aliphatic carbocycles. The van der Waals surface area contributed by atoms with Gasteiger partial charge in [0.25, 0.3) is 0 Å². The summed E-state index contributed by atoms with van der Waals surface area (Å²) < 4.78 is 5.29. The zero-order valence-corrected chi connectivity index (χ0v) is 12.3. The normalized spacial score (nSPS) is 19.3. The Bertz CT molecular complexity index is 260. The Labute approximate surface area is 111 Å². The second-order valence-electron chi connectivity index (χ2n) is 6.36. The van der Waals surface area contributed by atoms with Gasteiger partial charge in [-0.15, -0.1) is 0 Å². The number of carbonyl (C=O) groups excluding carboxylic acids is 1. The first-order valence-corrected chi connectivity index (χ1v) is 7.04. The van der Waals surface area contributed by atoms with Crippen molar-refractivity contribution in [2.75, 3.05) is 19.6 Å². The third kappa shape index (κ3) is 5.25. The van der Waals surface area contributed by atoms with Crippen molar-refractivity contribution in [3.8, 4) is 0 Å². The van der Waals surface area contributed by atoms with E-state index in [-0.39, 0.29) is 11.5 Å². The molecule has 1 heterocycles. The number of carbonyl (C=O) groups is 1. The van der Waals surface area contributed by atoms with Crippen LogP contribution in [0.2, 0.25) is 0 Å². The van der Waals surface area contributed by atoms with Gasteiger partial charge in [-0.1, -0.05) is 13.3 Å². The lowest BCUT2D eigenvalue weighted by atomic mass is 9.75. The summed E-state index contributed by atoms with van der Waals surface area (Å²) in [5, 5.41) is 6.33. The Kier molecular flexibility index (Phi) is 5.45. The van der Waals surface area contributed by atoms with Gasteiger partial charge in [0.1, 0.15) is 5.60 Å². The smallest absolute Gasteiger partial charge is 0.407 e. The van der Waals surface area contributed by atoms with Gasteiger partial charge < -0.3 is 15.4 Å². The highest BCUT2D eigenvalue weighted by molar-refractivity contribution is 5.67. The number of alkyl carbamates (subject to hydrolysis) is 1. The van der Waals surface area contributed by atoms with Gasteiger partial charge in [-0.25, -0.2) is 4.79 Å². The Morgan fingerprint density at radius 3 is 2.44 bits per heavy atom. The van der Waals surface area contributed by atoms with Gasteiger partial charge in [-0.05, 0) is 58.5 Å². The Morgan fingerprint density at radius 1 is 1.33 bits per heavy atom.